The zero-order valence-electron chi connectivity index (χ0n) is 16.4. The third-order valence-electron chi connectivity index (χ3n) is 5.85. The fraction of sp³-hybridized carbons (Fsp3) is 0.318. The highest BCUT2D eigenvalue weighted by atomic mass is 32.2. The Kier molecular flexibility index (Phi) is 5.43. The molecule has 0 saturated carbocycles. The number of carboxylic acids is 1. The summed E-state index contributed by atoms with van der Waals surface area (Å²) >= 11 is 0. The molecule has 0 aromatic heterocycles. The molecule has 0 bridgehead atoms. The van der Waals surface area contributed by atoms with Gasteiger partial charge in [0.15, 0.2) is 0 Å². The van der Waals surface area contributed by atoms with Crippen molar-refractivity contribution in [1.82, 2.24) is 4.31 Å². The Hall–Kier alpha value is -2.65. The zero-order valence-corrected chi connectivity index (χ0v) is 17.2. The number of aliphatic carboxylic acids is 1. The predicted molar refractivity (Wildman–Crippen MR) is 108 cm³/mol. The average molecular weight is 451 g/mol. The molecule has 1 aliphatic heterocycles. The molecule has 1 heterocycles. The quantitative estimate of drug-likeness (QED) is 0.763. The molecule has 0 spiro atoms. The van der Waals surface area contributed by atoms with Gasteiger partial charge in [-0.1, -0.05) is 24.3 Å². The molecule has 1 unspecified atom stereocenters. The number of fused-ring (bicyclic) bond motifs is 1. The van der Waals surface area contributed by atoms with Crippen LogP contribution in [0.5, 0.6) is 0 Å². The van der Waals surface area contributed by atoms with Gasteiger partial charge in [-0.3, -0.25) is 4.79 Å². The summed E-state index contributed by atoms with van der Waals surface area (Å²) in [5.74, 6) is -1.42. The van der Waals surface area contributed by atoms with Gasteiger partial charge in [0, 0.05) is 13.1 Å². The minimum absolute atomic E-state index is 0.119. The van der Waals surface area contributed by atoms with E-state index < -0.39 is 33.7 Å². The van der Waals surface area contributed by atoms with Crippen molar-refractivity contribution in [2.24, 2.45) is 5.92 Å². The number of hydrogen-bond acceptors (Lipinski definition) is 3. The summed E-state index contributed by atoms with van der Waals surface area (Å²) in [6, 6.07) is 9.59. The van der Waals surface area contributed by atoms with E-state index in [1.807, 2.05) is 0 Å². The molecule has 0 amide bonds. The van der Waals surface area contributed by atoms with E-state index in [1.54, 1.807) is 18.2 Å². The molecule has 1 atom stereocenters. The zero-order chi connectivity index (χ0) is 22.4. The van der Waals surface area contributed by atoms with E-state index in [4.69, 9.17) is 0 Å². The van der Waals surface area contributed by atoms with Crippen LogP contribution in [0.3, 0.4) is 0 Å². The molecule has 2 aromatic rings. The maximum absolute atomic E-state index is 13.1. The van der Waals surface area contributed by atoms with E-state index in [2.05, 4.69) is 0 Å². The minimum Gasteiger partial charge on any atom is -0.481 e. The maximum atomic E-state index is 13.1. The van der Waals surface area contributed by atoms with Crippen molar-refractivity contribution in [3.63, 3.8) is 0 Å². The van der Waals surface area contributed by atoms with Crippen LogP contribution >= 0.6 is 0 Å². The molecule has 31 heavy (non-hydrogen) atoms. The lowest BCUT2D eigenvalue weighted by molar-refractivity contribution is -0.141. The molecule has 164 valence electrons. The lowest BCUT2D eigenvalue weighted by Gasteiger charge is -2.26. The first-order valence-electron chi connectivity index (χ1n) is 9.77. The van der Waals surface area contributed by atoms with E-state index in [1.165, 1.54) is 22.5 Å². The van der Waals surface area contributed by atoms with Crippen molar-refractivity contribution in [3.05, 3.63) is 70.8 Å². The smallest absolute Gasteiger partial charge is 0.416 e. The van der Waals surface area contributed by atoms with Gasteiger partial charge in [-0.15, -0.1) is 0 Å². The Labute approximate surface area is 177 Å². The summed E-state index contributed by atoms with van der Waals surface area (Å²) in [5.41, 5.74) is 2.32. The number of nitrogens with zero attached hydrogens (tertiary/aromatic N) is 1. The van der Waals surface area contributed by atoms with Crippen molar-refractivity contribution in [1.29, 1.82) is 0 Å². The highest BCUT2D eigenvalue weighted by molar-refractivity contribution is 7.89. The second-order valence-corrected chi connectivity index (χ2v) is 9.73. The Balaban J connectivity index is 1.50. The van der Waals surface area contributed by atoms with Crippen LogP contribution in [0.1, 0.15) is 28.7 Å². The number of hydrogen-bond donors (Lipinski definition) is 1. The van der Waals surface area contributed by atoms with E-state index in [0.29, 0.717) is 24.8 Å². The van der Waals surface area contributed by atoms with Crippen molar-refractivity contribution in [3.8, 4) is 0 Å². The molecule has 1 N–H and O–H groups in total. The third-order valence-corrected chi connectivity index (χ3v) is 7.71. The van der Waals surface area contributed by atoms with Gasteiger partial charge >= 0.3 is 12.1 Å². The first-order valence-corrected chi connectivity index (χ1v) is 11.2. The standard InChI is InChI=1S/C22H20F3NO4S/c23-22(24,25)19-4-1-14(2-5-19)15-7-9-26(10-8-15)31(29,30)20-6-3-16-11-18(21(27)28)12-17(16)13-20/h1-7,13,18H,8-12H2,(H,27,28). The summed E-state index contributed by atoms with van der Waals surface area (Å²) in [4.78, 5) is 11.4. The second kappa shape index (κ2) is 7.80. The first kappa shape index (κ1) is 21.6. The largest absolute Gasteiger partial charge is 0.481 e. The number of benzene rings is 2. The molecule has 0 radical (unpaired) electrons. The Morgan fingerprint density at radius 2 is 1.71 bits per heavy atom. The van der Waals surface area contributed by atoms with Crippen molar-refractivity contribution in [2.75, 3.05) is 13.1 Å². The highest BCUT2D eigenvalue weighted by Crippen LogP contribution is 2.33. The number of carbonyl (C=O) groups is 1. The Morgan fingerprint density at radius 3 is 2.29 bits per heavy atom. The second-order valence-electron chi connectivity index (χ2n) is 7.79. The van der Waals surface area contributed by atoms with Crippen LogP contribution in [0, 0.1) is 5.92 Å². The molecular formula is C22H20F3NO4S. The van der Waals surface area contributed by atoms with E-state index in [9.17, 15) is 31.5 Å². The van der Waals surface area contributed by atoms with Crippen LogP contribution in [-0.2, 0) is 33.8 Å². The molecule has 0 fully saturated rings. The topological polar surface area (TPSA) is 74.7 Å². The van der Waals surface area contributed by atoms with Crippen LogP contribution in [0.15, 0.2) is 53.4 Å². The summed E-state index contributed by atoms with van der Waals surface area (Å²) in [5, 5.41) is 9.20. The van der Waals surface area contributed by atoms with Gasteiger partial charge in [0.05, 0.1) is 16.4 Å². The lowest BCUT2D eigenvalue weighted by Crippen LogP contribution is -2.34. The van der Waals surface area contributed by atoms with E-state index in [-0.39, 0.29) is 18.0 Å². The fourth-order valence-electron chi connectivity index (χ4n) is 4.08. The number of carboxylic acid groups (broad SMARTS) is 1. The molecule has 2 aliphatic rings. The number of alkyl halides is 3. The normalized spacial score (nSPS) is 19.7. The molecular weight excluding hydrogens is 431 g/mol. The van der Waals surface area contributed by atoms with Gasteiger partial charge < -0.3 is 5.11 Å². The van der Waals surface area contributed by atoms with Crippen LogP contribution < -0.4 is 0 Å². The monoisotopic (exact) mass is 451 g/mol. The lowest BCUT2D eigenvalue weighted by atomic mass is 9.99. The summed E-state index contributed by atoms with van der Waals surface area (Å²) in [7, 11) is -3.76. The molecule has 2 aromatic carbocycles. The predicted octanol–water partition coefficient (Wildman–Crippen LogP) is 3.98. The van der Waals surface area contributed by atoms with Crippen molar-refractivity contribution < 1.29 is 31.5 Å². The van der Waals surface area contributed by atoms with Gasteiger partial charge in [-0.05, 0) is 65.8 Å². The van der Waals surface area contributed by atoms with Gasteiger partial charge in [0.1, 0.15) is 0 Å². The number of sulfonamides is 1. The highest BCUT2D eigenvalue weighted by Gasteiger charge is 2.32. The van der Waals surface area contributed by atoms with Crippen molar-refractivity contribution in [2.45, 2.75) is 30.3 Å². The van der Waals surface area contributed by atoms with Gasteiger partial charge in [0.25, 0.3) is 0 Å². The molecule has 9 heteroatoms. The molecule has 5 nitrogen and oxygen atoms in total. The fourth-order valence-corrected chi connectivity index (χ4v) is 5.51. The van der Waals surface area contributed by atoms with Crippen LogP contribution in [0.2, 0.25) is 0 Å². The minimum atomic E-state index is -4.40. The summed E-state index contributed by atoms with van der Waals surface area (Å²) in [6.07, 6.45) is -1.58. The maximum Gasteiger partial charge on any atom is 0.416 e. The van der Waals surface area contributed by atoms with Crippen LogP contribution in [-0.4, -0.2) is 36.9 Å². The first-order chi connectivity index (χ1) is 14.6. The van der Waals surface area contributed by atoms with E-state index >= 15 is 0 Å². The molecule has 4 rings (SSSR count). The van der Waals surface area contributed by atoms with Gasteiger partial charge in [-0.2, -0.15) is 17.5 Å². The average Bonchev–Trinajstić information content (AvgIpc) is 3.17. The Morgan fingerprint density at radius 1 is 1.03 bits per heavy atom. The Bertz CT molecular complexity index is 1150. The number of halogens is 3. The van der Waals surface area contributed by atoms with Crippen LogP contribution in [0.25, 0.3) is 5.57 Å². The van der Waals surface area contributed by atoms with Gasteiger partial charge in [0.2, 0.25) is 10.0 Å². The third kappa shape index (κ3) is 4.24. The molecule has 1 aliphatic carbocycles. The SMILES string of the molecule is O=C(O)C1Cc2ccc(S(=O)(=O)N3CC=C(c4ccc(C(F)(F)F)cc4)CC3)cc2C1. The van der Waals surface area contributed by atoms with Gasteiger partial charge in [-0.25, -0.2) is 8.42 Å². The summed E-state index contributed by atoms with van der Waals surface area (Å²) < 4.78 is 65.6. The number of rotatable bonds is 4. The van der Waals surface area contributed by atoms with E-state index in [0.717, 1.165) is 28.8 Å². The van der Waals surface area contributed by atoms with Crippen LogP contribution in [0.4, 0.5) is 13.2 Å². The molecule has 0 saturated heterocycles. The summed E-state index contributed by atoms with van der Waals surface area (Å²) in [6.45, 7) is 0.331. The van der Waals surface area contributed by atoms with Crippen molar-refractivity contribution >= 4 is 21.6 Å².